The molecule has 0 radical (unpaired) electrons. The van der Waals surface area contributed by atoms with E-state index in [0.717, 1.165) is 37.7 Å². The van der Waals surface area contributed by atoms with E-state index in [4.69, 9.17) is 4.74 Å². The number of rotatable bonds is 18. The molecule has 0 aliphatic rings. The molecule has 0 spiro atoms. The second-order valence-corrected chi connectivity index (χ2v) is 7.96. The zero-order valence-electron chi connectivity index (χ0n) is 19.4. The maximum atomic E-state index is 11.8. The van der Waals surface area contributed by atoms with Gasteiger partial charge in [0, 0.05) is 0 Å². The van der Waals surface area contributed by atoms with Crippen molar-refractivity contribution in [3.63, 3.8) is 0 Å². The van der Waals surface area contributed by atoms with E-state index in [1.165, 1.54) is 57.8 Å². The molecular weight excluding hydrogens is 396 g/mol. The second kappa shape index (κ2) is 18.7. The number of ether oxygens (including phenoxy) is 1. The SMILES string of the molecule is CCCCCCCCCCCCCCOC(=O)OOOC(=O)c1ccc(CCC)cc1. The van der Waals surface area contributed by atoms with Crippen LogP contribution in [0.25, 0.3) is 0 Å². The first-order chi connectivity index (χ1) is 15.2. The third kappa shape index (κ3) is 14.5. The van der Waals surface area contributed by atoms with Crippen molar-refractivity contribution in [1.29, 1.82) is 0 Å². The third-order valence-electron chi connectivity index (χ3n) is 5.16. The molecule has 0 amide bonds. The molecule has 0 saturated heterocycles. The number of aryl methyl sites for hydroxylation is 1. The zero-order valence-corrected chi connectivity index (χ0v) is 19.4. The lowest BCUT2D eigenvalue weighted by molar-refractivity contribution is -0.452. The average Bonchev–Trinajstić information content (AvgIpc) is 2.77. The minimum Gasteiger partial charge on any atom is -0.432 e. The quantitative estimate of drug-likeness (QED) is 0.103. The fourth-order valence-electron chi connectivity index (χ4n) is 3.34. The van der Waals surface area contributed by atoms with E-state index in [-0.39, 0.29) is 6.61 Å². The van der Waals surface area contributed by atoms with Crippen LogP contribution < -0.4 is 0 Å². The highest BCUT2D eigenvalue weighted by Gasteiger charge is 2.12. The van der Waals surface area contributed by atoms with Crippen LogP contribution in [0.3, 0.4) is 0 Å². The molecule has 1 rings (SSSR count). The highest BCUT2D eigenvalue weighted by atomic mass is 17.5. The lowest BCUT2D eigenvalue weighted by Crippen LogP contribution is -2.12. The minimum absolute atomic E-state index is 0.256. The topological polar surface area (TPSA) is 71.1 Å². The predicted molar refractivity (Wildman–Crippen MR) is 120 cm³/mol. The largest absolute Gasteiger partial charge is 0.543 e. The summed E-state index contributed by atoms with van der Waals surface area (Å²) in [5, 5.41) is 4.23. The maximum absolute atomic E-state index is 11.8. The van der Waals surface area contributed by atoms with Gasteiger partial charge in [-0.1, -0.05) is 103 Å². The van der Waals surface area contributed by atoms with Gasteiger partial charge in [0.1, 0.15) is 0 Å². The van der Waals surface area contributed by atoms with Crippen molar-refractivity contribution in [3.05, 3.63) is 35.4 Å². The van der Waals surface area contributed by atoms with Gasteiger partial charge >= 0.3 is 12.1 Å². The van der Waals surface area contributed by atoms with E-state index in [1.807, 2.05) is 12.1 Å². The molecule has 0 heterocycles. The summed E-state index contributed by atoms with van der Waals surface area (Å²) >= 11 is 0. The van der Waals surface area contributed by atoms with Crippen LogP contribution in [-0.4, -0.2) is 18.7 Å². The number of hydrogen-bond acceptors (Lipinski definition) is 6. The minimum atomic E-state index is -1.02. The van der Waals surface area contributed by atoms with Gasteiger partial charge in [-0.05, 0) is 30.5 Å². The first-order valence-electron chi connectivity index (χ1n) is 12.0. The molecule has 0 saturated carbocycles. The van der Waals surface area contributed by atoms with Crippen LogP contribution in [0.5, 0.6) is 0 Å². The lowest BCUT2D eigenvalue weighted by atomic mass is 10.1. The van der Waals surface area contributed by atoms with Crippen molar-refractivity contribution >= 4 is 12.1 Å². The molecule has 6 nitrogen and oxygen atoms in total. The maximum Gasteiger partial charge on any atom is 0.543 e. The fourth-order valence-corrected chi connectivity index (χ4v) is 3.34. The van der Waals surface area contributed by atoms with E-state index in [9.17, 15) is 9.59 Å². The van der Waals surface area contributed by atoms with Crippen molar-refractivity contribution in [2.75, 3.05) is 6.61 Å². The summed E-state index contributed by atoms with van der Waals surface area (Å²) in [6.07, 6.45) is 15.8. The first-order valence-corrected chi connectivity index (χ1v) is 12.0. The number of unbranched alkanes of at least 4 members (excludes halogenated alkanes) is 11. The fraction of sp³-hybridized carbons (Fsp3) is 0.680. The molecule has 6 heteroatoms. The first kappa shape index (κ1) is 27.0. The Morgan fingerprint density at radius 1 is 0.677 bits per heavy atom. The Labute approximate surface area is 187 Å². The average molecular weight is 437 g/mol. The van der Waals surface area contributed by atoms with E-state index in [1.54, 1.807) is 12.1 Å². The molecule has 0 aromatic heterocycles. The predicted octanol–water partition coefficient (Wildman–Crippen LogP) is 7.50. The molecule has 0 aliphatic carbocycles. The van der Waals surface area contributed by atoms with Crippen LogP contribution in [0.1, 0.15) is 113 Å². The van der Waals surface area contributed by atoms with Crippen molar-refractivity contribution in [3.8, 4) is 0 Å². The summed E-state index contributed by atoms with van der Waals surface area (Å²) in [7, 11) is 0. The Hall–Kier alpha value is -2.08. The summed E-state index contributed by atoms with van der Waals surface area (Å²) in [6, 6.07) is 6.99. The molecule has 176 valence electrons. The summed E-state index contributed by atoms with van der Waals surface area (Å²) in [5.41, 5.74) is 1.45. The smallest absolute Gasteiger partial charge is 0.432 e. The van der Waals surface area contributed by atoms with Crippen molar-refractivity contribution in [1.82, 2.24) is 0 Å². The Morgan fingerprint density at radius 3 is 1.77 bits per heavy atom. The molecule has 0 aliphatic heterocycles. The van der Waals surface area contributed by atoms with E-state index in [0.29, 0.717) is 5.56 Å². The standard InChI is InChI=1S/C25H40O6/c1-3-5-6-7-8-9-10-11-12-13-14-15-21-28-25(27)30-31-29-24(26)23-19-17-22(16-4-2)18-20-23/h17-20H,3-16,21H2,1-2H3. The van der Waals surface area contributed by atoms with Gasteiger partial charge in [0.05, 0.1) is 17.2 Å². The Kier molecular flexibility index (Phi) is 16.2. The van der Waals surface area contributed by atoms with Gasteiger partial charge < -0.3 is 4.74 Å². The van der Waals surface area contributed by atoms with Crippen LogP contribution in [0, 0.1) is 0 Å². The van der Waals surface area contributed by atoms with Crippen molar-refractivity contribution < 1.29 is 29.1 Å². The molecule has 31 heavy (non-hydrogen) atoms. The zero-order chi connectivity index (χ0) is 22.6. The molecule has 0 fully saturated rings. The third-order valence-corrected chi connectivity index (χ3v) is 5.16. The van der Waals surface area contributed by atoms with Gasteiger partial charge in [-0.15, -0.1) is 0 Å². The Bertz CT molecular complexity index is 584. The molecule has 1 aromatic carbocycles. The van der Waals surface area contributed by atoms with Gasteiger partial charge in [-0.2, -0.15) is 0 Å². The number of carbonyl (C=O) groups excluding carboxylic acids is 2. The lowest BCUT2D eigenvalue weighted by Gasteiger charge is -2.05. The summed E-state index contributed by atoms with van der Waals surface area (Å²) in [4.78, 5) is 32.0. The van der Waals surface area contributed by atoms with Crippen LogP contribution in [0.15, 0.2) is 24.3 Å². The molecule has 0 unspecified atom stereocenters. The van der Waals surface area contributed by atoms with Crippen molar-refractivity contribution in [2.24, 2.45) is 0 Å². The van der Waals surface area contributed by atoms with Gasteiger partial charge in [0.2, 0.25) is 0 Å². The molecule has 0 N–H and O–H groups in total. The molecule has 0 atom stereocenters. The van der Waals surface area contributed by atoms with E-state index < -0.39 is 12.1 Å². The Morgan fingerprint density at radius 2 is 1.23 bits per heavy atom. The summed E-state index contributed by atoms with van der Waals surface area (Å²) in [6.45, 7) is 4.59. The van der Waals surface area contributed by atoms with Gasteiger partial charge in [-0.3, -0.25) is 4.89 Å². The van der Waals surface area contributed by atoms with Gasteiger partial charge in [0.25, 0.3) is 0 Å². The van der Waals surface area contributed by atoms with Crippen LogP contribution in [-0.2, 0) is 26.0 Å². The monoisotopic (exact) mass is 436 g/mol. The number of carbonyl (C=O) groups is 2. The Balaban J connectivity index is 1.93. The highest BCUT2D eigenvalue weighted by molar-refractivity contribution is 5.88. The van der Waals surface area contributed by atoms with E-state index in [2.05, 4.69) is 28.7 Å². The van der Waals surface area contributed by atoms with Crippen LogP contribution in [0.4, 0.5) is 4.79 Å². The number of hydrogen-bond donors (Lipinski definition) is 0. The van der Waals surface area contributed by atoms with Crippen LogP contribution >= 0.6 is 0 Å². The van der Waals surface area contributed by atoms with Crippen LogP contribution in [0.2, 0.25) is 0 Å². The van der Waals surface area contributed by atoms with Gasteiger partial charge in [-0.25, -0.2) is 14.5 Å². The molecular formula is C25H40O6. The number of benzene rings is 1. The summed E-state index contributed by atoms with van der Waals surface area (Å²) < 4.78 is 4.89. The molecule has 0 bridgehead atoms. The molecule has 1 aromatic rings. The summed E-state index contributed by atoms with van der Waals surface area (Å²) in [5.74, 6) is -0.739. The second-order valence-electron chi connectivity index (χ2n) is 7.96. The van der Waals surface area contributed by atoms with Crippen molar-refractivity contribution in [2.45, 2.75) is 104 Å². The normalized spacial score (nSPS) is 10.6. The highest BCUT2D eigenvalue weighted by Crippen LogP contribution is 2.12. The van der Waals surface area contributed by atoms with Gasteiger partial charge in [0.15, 0.2) is 0 Å². The van der Waals surface area contributed by atoms with E-state index >= 15 is 0 Å².